The third-order valence-corrected chi connectivity index (χ3v) is 3.57. The number of hydrogen-bond donors (Lipinski definition) is 2. The van der Waals surface area contributed by atoms with Crippen molar-refractivity contribution in [2.75, 3.05) is 0 Å². The van der Waals surface area contributed by atoms with Gasteiger partial charge in [0.2, 0.25) is 11.5 Å². The van der Waals surface area contributed by atoms with Crippen molar-refractivity contribution in [3.8, 4) is 23.0 Å². The van der Waals surface area contributed by atoms with Gasteiger partial charge in [-0.2, -0.15) is 10.1 Å². The predicted octanol–water partition coefficient (Wildman–Crippen LogP) is 2.45. The third-order valence-electron chi connectivity index (χ3n) is 3.57. The number of nitrogens with zero attached hydrogens (tertiary/aromatic N) is 4. The summed E-state index contributed by atoms with van der Waals surface area (Å²) in [5.74, 6) is 0.348. The average Bonchev–Trinajstić information content (AvgIpc) is 3.22. The van der Waals surface area contributed by atoms with E-state index in [2.05, 4.69) is 20.3 Å². The number of rotatable bonds is 6. The van der Waals surface area contributed by atoms with E-state index in [9.17, 15) is 10.1 Å². The fourth-order valence-corrected chi connectivity index (χ4v) is 2.37. The molecule has 0 amide bonds. The number of aromatic nitrogens is 4. The van der Waals surface area contributed by atoms with Crippen LogP contribution >= 0.6 is 0 Å². The quantitative estimate of drug-likeness (QED) is 0.523. The van der Waals surface area contributed by atoms with E-state index in [1.54, 1.807) is 0 Å². The number of nitrogens with one attached hydrogen (secondary N) is 1. The van der Waals surface area contributed by atoms with Crippen LogP contribution in [0.5, 0.6) is 0 Å². The zero-order valence-corrected chi connectivity index (χ0v) is 13.0. The van der Waals surface area contributed by atoms with Gasteiger partial charge in [-0.1, -0.05) is 42.8 Å². The maximum absolute atomic E-state index is 11.3. The van der Waals surface area contributed by atoms with Gasteiger partial charge in [0.05, 0.1) is 4.92 Å². The van der Waals surface area contributed by atoms with E-state index in [4.69, 9.17) is 10.3 Å². The van der Waals surface area contributed by atoms with Crippen LogP contribution in [0.15, 0.2) is 28.8 Å². The van der Waals surface area contributed by atoms with Crippen LogP contribution in [0.25, 0.3) is 23.0 Å². The summed E-state index contributed by atoms with van der Waals surface area (Å²) in [6.45, 7) is 2.37. The van der Waals surface area contributed by atoms with Crippen LogP contribution in [0.4, 0.5) is 5.69 Å². The van der Waals surface area contributed by atoms with Gasteiger partial charge in [0, 0.05) is 12.1 Å². The highest BCUT2D eigenvalue weighted by Gasteiger charge is 2.28. The molecule has 24 heavy (non-hydrogen) atoms. The van der Waals surface area contributed by atoms with E-state index in [1.807, 2.05) is 31.2 Å². The van der Waals surface area contributed by atoms with Gasteiger partial charge in [-0.25, -0.2) is 0 Å². The zero-order valence-electron chi connectivity index (χ0n) is 13.0. The zero-order chi connectivity index (χ0) is 17.1. The Balaban J connectivity index is 1.97. The lowest BCUT2D eigenvalue weighted by Crippen LogP contribution is -1.95. The Morgan fingerprint density at radius 2 is 2.08 bits per heavy atom. The molecule has 0 saturated carbocycles. The highest BCUT2D eigenvalue weighted by atomic mass is 16.6. The van der Waals surface area contributed by atoms with Gasteiger partial charge in [0.1, 0.15) is 5.69 Å². The van der Waals surface area contributed by atoms with Crippen molar-refractivity contribution in [3.05, 3.63) is 45.6 Å². The summed E-state index contributed by atoms with van der Waals surface area (Å²) in [5, 5.41) is 21.9. The molecule has 3 N–H and O–H groups in total. The van der Waals surface area contributed by atoms with Crippen LogP contribution in [0.2, 0.25) is 0 Å². The molecule has 9 nitrogen and oxygen atoms in total. The summed E-state index contributed by atoms with van der Waals surface area (Å²) in [5.41, 5.74) is 7.66. The highest BCUT2D eigenvalue weighted by molar-refractivity contribution is 5.66. The first kappa shape index (κ1) is 15.8. The fraction of sp³-hybridized carbons (Fsp3) is 0.267. The second kappa shape index (κ2) is 6.59. The lowest BCUT2D eigenvalue weighted by Gasteiger charge is -1.97. The Hall–Kier alpha value is -3.07. The molecule has 0 spiro atoms. The average molecular weight is 328 g/mol. The molecule has 0 aliphatic carbocycles. The number of aromatic amines is 1. The topological polar surface area (TPSA) is 137 Å². The van der Waals surface area contributed by atoms with Crippen molar-refractivity contribution >= 4 is 5.69 Å². The first-order valence-electron chi connectivity index (χ1n) is 7.49. The second-order valence-electron chi connectivity index (χ2n) is 5.23. The molecule has 3 rings (SSSR count). The first-order valence-corrected chi connectivity index (χ1v) is 7.49. The summed E-state index contributed by atoms with van der Waals surface area (Å²) in [6.07, 6.45) is 1.27. The minimum Gasteiger partial charge on any atom is -0.332 e. The molecule has 0 bridgehead atoms. The van der Waals surface area contributed by atoms with Crippen LogP contribution in [-0.2, 0) is 13.0 Å². The molecule has 2 aromatic heterocycles. The molecule has 0 aliphatic rings. The van der Waals surface area contributed by atoms with Crippen molar-refractivity contribution in [1.29, 1.82) is 0 Å². The van der Waals surface area contributed by atoms with Crippen molar-refractivity contribution in [2.24, 2.45) is 5.73 Å². The number of H-pyrrole nitrogens is 1. The van der Waals surface area contributed by atoms with Crippen LogP contribution in [0.3, 0.4) is 0 Å². The first-order chi connectivity index (χ1) is 11.6. The Morgan fingerprint density at radius 1 is 1.33 bits per heavy atom. The van der Waals surface area contributed by atoms with Crippen molar-refractivity contribution in [1.82, 2.24) is 20.3 Å². The number of hydrogen-bond acceptors (Lipinski definition) is 7. The van der Waals surface area contributed by atoms with Gasteiger partial charge >= 0.3 is 5.69 Å². The van der Waals surface area contributed by atoms with Crippen molar-refractivity contribution < 1.29 is 9.45 Å². The van der Waals surface area contributed by atoms with E-state index in [0.717, 1.165) is 17.5 Å². The smallest absolute Gasteiger partial charge is 0.322 e. The van der Waals surface area contributed by atoms with Crippen LogP contribution < -0.4 is 5.73 Å². The standard InChI is InChI=1S/C15H16N6O3/c1-2-3-11-13(21(22)23)12(19-18-11)15-17-14(20-24-15)10-6-4-9(8-16)5-7-10/h4-7H,2-3,8,16H2,1H3,(H,18,19). The largest absolute Gasteiger partial charge is 0.332 e. The molecule has 0 unspecified atom stereocenters. The van der Waals surface area contributed by atoms with Crippen LogP contribution in [0, 0.1) is 10.1 Å². The molecule has 0 radical (unpaired) electrons. The van der Waals surface area contributed by atoms with Gasteiger partial charge in [-0.3, -0.25) is 15.2 Å². The van der Waals surface area contributed by atoms with E-state index >= 15 is 0 Å². The monoisotopic (exact) mass is 328 g/mol. The van der Waals surface area contributed by atoms with Gasteiger partial charge in [0.15, 0.2) is 0 Å². The van der Waals surface area contributed by atoms with Gasteiger partial charge in [-0.15, -0.1) is 0 Å². The third kappa shape index (κ3) is 2.88. The van der Waals surface area contributed by atoms with Crippen molar-refractivity contribution in [2.45, 2.75) is 26.3 Å². The molecule has 9 heteroatoms. The maximum Gasteiger partial charge on any atom is 0.322 e. The number of nitrogens with two attached hydrogens (primary N) is 1. The van der Waals surface area contributed by atoms with Gasteiger partial charge in [0.25, 0.3) is 5.89 Å². The Labute approximate surface area is 137 Å². The second-order valence-corrected chi connectivity index (χ2v) is 5.23. The Kier molecular flexibility index (Phi) is 4.34. The van der Waals surface area contributed by atoms with E-state index in [-0.39, 0.29) is 17.3 Å². The normalized spacial score (nSPS) is 10.9. The number of nitro groups is 1. The Morgan fingerprint density at radius 3 is 2.71 bits per heavy atom. The minimum atomic E-state index is -0.482. The van der Waals surface area contributed by atoms with Crippen LogP contribution in [0.1, 0.15) is 24.6 Å². The highest BCUT2D eigenvalue weighted by Crippen LogP contribution is 2.31. The number of benzene rings is 1. The molecule has 124 valence electrons. The molecule has 0 atom stereocenters. The fourth-order valence-electron chi connectivity index (χ4n) is 2.37. The number of aryl methyl sites for hydroxylation is 1. The summed E-state index contributed by atoms with van der Waals surface area (Å²) >= 11 is 0. The summed E-state index contributed by atoms with van der Waals surface area (Å²) in [6, 6.07) is 7.36. The molecule has 0 fully saturated rings. The molecule has 2 heterocycles. The van der Waals surface area contributed by atoms with Crippen LogP contribution in [-0.4, -0.2) is 25.3 Å². The van der Waals surface area contributed by atoms with E-state index in [1.165, 1.54) is 0 Å². The summed E-state index contributed by atoms with van der Waals surface area (Å²) in [4.78, 5) is 15.1. The van der Waals surface area contributed by atoms with Gasteiger partial charge in [-0.05, 0) is 12.0 Å². The lowest BCUT2D eigenvalue weighted by atomic mass is 10.1. The minimum absolute atomic E-state index is 0.0122. The molecule has 3 aromatic rings. The molecular formula is C15H16N6O3. The molecule has 0 aliphatic heterocycles. The molecular weight excluding hydrogens is 312 g/mol. The molecule has 0 saturated heterocycles. The van der Waals surface area contributed by atoms with E-state index in [0.29, 0.717) is 24.5 Å². The lowest BCUT2D eigenvalue weighted by molar-refractivity contribution is -0.384. The molecule has 1 aromatic carbocycles. The predicted molar refractivity (Wildman–Crippen MR) is 85.9 cm³/mol. The SMILES string of the molecule is CCCc1[nH]nc(-c2nc(-c3ccc(CN)cc3)no2)c1[N+](=O)[O-]. The van der Waals surface area contributed by atoms with Gasteiger partial charge < -0.3 is 10.3 Å². The van der Waals surface area contributed by atoms with E-state index < -0.39 is 4.92 Å². The summed E-state index contributed by atoms with van der Waals surface area (Å²) < 4.78 is 5.17. The maximum atomic E-state index is 11.3. The van der Waals surface area contributed by atoms with Crippen molar-refractivity contribution in [3.63, 3.8) is 0 Å². The Bertz CT molecular complexity index is 852. The summed E-state index contributed by atoms with van der Waals surface area (Å²) in [7, 11) is 0.